The van der Waals surface area contributed by atoms with Crippen molar-refractivity contribution in [3.05, 3.63) is 60.8 Å². The molecule has 3 aromatic rings. The fraction of sp³-hybridized carbons (Fsp3) is 0. The molecule has 0 aliphatic carbocycles. The summed E-state index contributed by atoms with van der Waals surface area (Å²) in [5, 5.41) is 1.25. The van der Waals surface area contributed by atoms with Crippen LogP contribution >= 0.6 is 16.1 Å². The first kappa shape index (κ1) is 9.67. The van der Waals surface area contributed by atoms with Crippen LogP contribution in [-0.4, -0.2) is 3.59 Å². The Morgan fingerprint density at radius 2 is 1.62 bits per heavy atom. The standard InChI is InChI=1S/C14H10BrN/c15-16-9-8-13-10-12(6-7-14(13)16)11-4-2-1-3-5-11/h1-10H. The second kappa shape index (κ2) is 3.80. The number of nitrogens with zero attached hydrogens (tertiary/aromatic N) is 1. The van der Waals surface area contributed by atoms with Gasteiger partial charge in [0, 0.05) is 11.6 Å². The topological polar surface area (TPSA) is 4.93 Å². The molecule has 0 spiro atoms. The molecule has 16 heavy (non-hydrogen) atoms. The van der Waals surface area contributed by atoms with Crippen LogP contribution in [0.2, 0.25) is 0 Å². The summed E-state index contributed by atoms with van der Waals surface area (Å²) in [5.74, 6) is 0. The Morgan fingerprint density at radius 1 is 0.812 bits per heavy atom. The van der Waals surface area contributed by atoms with Gasteiger partial charge in [0.25, 0.3) is 0 Å². The smallest absolute Gasteiger partial charge is 0.0591 e. The zero-order valence-electron chi connectivity index (χ0n) is 8.60. The molecule has 2 heteroatoms. The largest absolute Gasteiger partial charge is 0.284 e. The molecule has 0 saturated heterocycles. The van der Waals surface area contributed by atoms with Crippen molar-refractivity contribution < 1.29 is 0 Å². The monoisotopic (exact) mass is 271 g/mol. The lowest BCUT2D eigenvalue weighted by molar-refractivity contribution is 1.39. The second-order valence-electron chi connectivity index (χ2n) is 3.77. The van der Waals surface area contributed by atoms with E-state index in [0.717, 1.165) is 0 Å². The van der Waals surface area contributed by atoms with Gasteiger partial charge in [-0.1, -0.05) is 36.4 Å². The Balaban J connectivity index is 2.19. The molecular weight excluding hydrogens is 262 g/mol. The van der Waals surface area contributed by atoms with E-state index < -0.39 is 0 Å². The fourth-order valence-electron chi connectivity index (χ4n) is 1.92. The minimum absolute atomic E-state index is 1.19. The average molecular weight is 272 g/mol. The highest BCUT2D eigenvalue weighted by molar-refractivity contribution is 9.08. The molecule has 78 valence electrons. The fourth-order valence-corrected chi connectivity index (χ4v) is 2.36. The van der Waals surface area contributed by atoms with E-state index >= 15 is 0 Å². The van der Waals surface area contributed by atoms with Gasteiger partial charge in [-0.15, -0.1) is 0 Å². The first-order valence-electron chi connectivity index (χ1n) is 5.17. The second-order valence-corrected chi connectivity index (χ2v) is 4.53. The van der Waals surface area contributed by atoms with Gasteiger partial charge in [0.15, 0.2) is 0 Å². The van der Waals surface area contributed by atoms with Crippen LogP contribution in [0.4, 0.5) is 0 Å². The van der Waals surface area contributed by atoms with Crippen molar-refractivity contribution in [1.29, 1.82) is 0 Å². The number of rotatable bonds is 1. The van der Waals surface area contributed by atoms with Gasteiger partial charge < -0.3 is 0 Å². The molecule has 0 atom stereocenters. The van der Waals surface area contributed by atoms with Gasteiger partial charge in [-0.25, -0.2) is 0 Å². The predicted octanol–water partition coefficient (Wildman–Crippen LogP) is 4.47. The summed E-state index contributed by atoms with van der Waals surface area (Å²) in [6, 6.07) is 19.0. The third kappa shape index (κ3) is 1.55. The maximum Gasteiger partial charge on any atom is 0.0591 e. The summed E-state index contributed by atoms with van der Waals surface area (Å²) in [6.07, 6.45) is 2.01. The third-order valence-electron chi connectivity index (χ3n) is 2.75. The minimum atomic E-state index is 1.19. The van der Waals surface area contributed by atoms with E-state index in [4.69, 9.17) is 0 Å². The molecule has 0 bridgehead atoms. The molecule has 0 unspecified atom stereocenters. The number of hydrogen-bond acceptors (Lipinski definition) is 0. The Bertz CT molecular complexity index is 626. The van der Waals surface area contributed by atoms with E-state index in [2.05, 4.69) is 64.7 Å². The molecule has 0 aliphatic heterocycles. The number of benzene rings is 2. The molecule has 1 aromatic heterocycles. The van der Waals surface area contributed by atoms with Crippen LogP contribution in [0.25, 0.3) is 22.0 Å². The van der Waals surface area contributed by atoms with E-state index in [1.807, 2.05) is 15.9 Å². The Kier molecular flexibility index (Phi) is 2.29. The lowest BCUT2D eigenvalue weighted by Crippen LogP contribution is -1.78. The van der Waals surface area contributed by atoms with Crippen molar-refractivity contribution >= 4 is 27.1 Å². The summed E-state index contributed by atoms with van der Waals surface area (Å²) in [5.41, 5.74) is 3.71. The Labute approximate surface area is 103 Å². The van der Waals surface area contributed by atoms with Gasteiger partial charge in [-0.3, -0.25) is 3.59 Å². The highest BCUT2D eigenvalue weighted by Crippen LogP contribution is 2.25. The van der Waals surface area contributed by atoms with Crippen molar-refractivity contribution in [2.75, 3.05) is 0 Å². The van der Waals surface area contributed by atoms with Crippen LogP contribution in [0.5, 0.6) is 0 Å². The van der Waals surface area contributed by atoms with Gasteiger partial charge in [0.05, 0.1) is 21.7 Å². The van der Waals surface area contributed by atoms with Crippen LogP contribution in [0.3, 0.4) is 0 Å². The number of halogens is 1. The van der Waals surface area contributed by atoms with Gasteiger partial charge in [0.2, 0.25) is 0 Å². The van der Waals surface area contributed by atoms with Crippen LogP contribution in [0.15, 0.2) is 60.8 Å². The SMILES string of the molecule is Brn1ccc2cc(-c3ccccc3)ccc21. The van der Waals surface area contributed by atoms with E-state index in [0.29, 0.717) is 0 Å². The van der Waals surface area contributed by atoms with Gasteiger partial charge in [-0.05, 0) is 29.3 Å². The Morgan fingerprint density at radius 3 is 2.44 bits per heavy atom. The molecule has 0 radical (unpaired) electrons. The van der Waals surface area contributed by atoms with Crippen LogP contribution in [-0.2, 0) is 0 Å². The van der Waals surface area contributed by atoms with Crippen molar-refractivity contribution in [2.45, 2.75) is 0 Å². The molecule has 1 heterocycles. The van der Waals surface area contributed by atoms with Crippen LogP contribution in [0.1, 0.15) is 0 Å². The first-order chi connectivity index (χ1) is 7.84. The van der Waals surface area contributed by atoms with Crippen LogP contribution in [0, 0.1) is 0 Å². The summed E-state index contributed by atoms with van der Waals surface area (Å²) in [7, 11) is 0. The lowest BCUT2D eigenvalue weighted by Gasteiger charge is -2.02. The molecule has 0 fully saturated rings. The third-order valence-corrected chi connectivity index (χ3v) is 3.37. The molecule has 0 N–H and O–H groups in total. The van der Waals surface area contributed by atoms with Crippen molar-refractivity contribution in [1.82, 2.24) is 3.59 Å². The summed E-state index contributed by atoms with van der Waals surface area (Å²) in [6.45, 7) is 0. The summed E-state index contributed by atoms with van der Waals surface area (Å²) >= 11 is 3.46. The molecule has 0 amide bonds. The molecular formula is C14H10BrN. The van der Waals surface area contributed by atoms with Gasteiger partial charge >= 0.3 is 0 Å². The molecule has 1 nitrogen and oxygen atoms in total. The van der Waals surface area contributed by atoms with Crippen molar-refractivity contribution in [2.24, 2.45) is 0 Å². The molecule has 2 aromatic carbocycles. The molecule has 0 aliphatic rings. The zero-order chi connectivity index (χ0) is 11.0. The number of aromatic nitrogens is 1. The van der Waals surface area contributed by atoms with Crippen molar-refractivity contribution in [3.8, 4) is 11.1 Å². The zero-order valence-corrected chi connectivity index (χ0v) is 10.2. The predicted molar refractivity (Wildman–Crippen MR) is 71.7 cm³/mol. The van der Waals surface area contributed by atoms with Gasteiger partial charge in [0.1, 0.15) is 0 Å². The maximum atomic E-state index is 3.46. The van der Waals surface area contributed by atoms with Gasteiger partial charge in [-0.2, -0.15) is 0 Å². The van der Waals surface area contributed by atoms with E-state index in [1.54, 1.807) is 0 Å². The molecule has 0 saturated carbocycles. The van der Waals surface area contributed by atoms with E-state index in [9.17, 15) is 0 Å². The van der Waals surface area contributed by atoms with Crippen LogP contribution < -0.4 is 0 Å². The first-order valence-corrected chi connectivity index (χ1v) is 5.88. The quantitative estimate of drug-likeness (QED) is 0.616. The summed E-state index contributed by atoms with van der Waals surface area (Å²) < 4.78 is 1.96. The number of hydrogen-bond donors (Lipinski definition) is 0. The van der Waals surface area contributed by atoms with Crippen molar-refractivity contribution in [3.63, 3.8) is 0 Å². The Hall–Kier alpha value is -1.54. The van der Waals surface area contributed by atoms with E-state index in [-0.39, 0.29) is 0 Å². The maximum absolute atomic E-state index is 3.46. The molecule has 3 rings (SSSR count). The summed E-state index contributed by atoms with van der Waals surface area (Å²) in [4.78, 5) is 0. The number of fused-ring (bicyclic) bond motifs is 1. The lowest BCUT2D eigenvalue weighted by atomic mass is 10.0. The minimum Gasteiger partial charge on any atom is -0.284 e. The normalized spacial score (nSPS) is 10.8. The van der Waals surface area contributed by atoms with E-state index in [1.165, 1.54) is 22.0 Å². The highest BCUT2D eigenvalue weighted by atomic mass is 79.9. The average Bonchev–Trinajstić information content (AvgIpc) is 2.72. The highest BCUT2D eigenvalue weighted by Gasteiger charge is 2.01.